The summed E-state index contributed by atoms with van der Waals surface area (Å²) < 4.78 is 5.24. The summed E-state index contributed by atoms with van der Waals surface area (Å²) in [7, 11) is 0. The molecule has 1 aliphatic rings. The van der Waals surface area contributed by atoms with Gasteiger partial charge in [0, 0.05) is 22.0 Å². The summed E-state index contributed by atoms with van der Waals surface area (Å²) in [6.45, 7) is 9.52. The third-order valence-corrected chi connectivity index (χ3v) is 5.91. The van der Waals surface area contributed by atoms with E-state index < -0.39 is 11.8 Å². The summed E-state index contributed by atoms with van der Waals surface area (Å²) in [5, 5.41) is 15.2. The Labute approximate surface area is 174 Å². The predicted octanol–water partition coefficient (Wildman–Crippen LogP) is 3.87. The number of hydrogen-bond donors (Lipinski definition) is 1. The largest absolute Gasteiger partial charge is 0.465 e. The number of nitrogens with zero attached hydrogens (tertiary/aromatic N) is 2. The topological polar surface area (TPSA) is 91.5 Å². The minimum atomic E-state index is -0.638. The van der Waals surface area contributed by atoms with E-state index in [1.165, 1.54) is 23.1 Å². The molecule has 2 unspecified atom stereocenters. The number of ether oxygens (including phenoxy) is 1. The Morgan fingerprint density at radius 3 is 2.68 bits per heavy atom. The van der Waals surface area contributed by atoms with Gasteiger partial charge in [-0.25, -0.2) is 4.99 Å². The average Bonchev–Trinajstić information content (AvgIpc) is 3.12. The second kappa shape index (κ2) is 9.39. The Bertz CT molecular complexity index is 830. The fraction of sp³-hybridized carbons (Fsp3) is 0.500. The highest BCUT2D eigenvalue weighted by molar-refractivity contribution is 8.03. The van der Waals surface area contributed by atoms with Gasteiger partial charge in [0.15, 0.2) is 0 Å². The highest BCUT2D eigenvalue weighted by atomic mass is 32.2. The SMILES string of the molecule is CCOC(=O)C1C(C)=NC(SCC(=O)NC(C)(C)C)=C(C#N)C1c1cccs1. The van der Waals surface area contributed by atoms with Gasteiger partial charge in [0.2, 0.25) is 5.91 Å². The van der Waals surface area contributed by atoms with Crippen molar-refractivity contribution < 1.29 is 14.3 Å². The van der Waals surface area contributed by atoms with Gasteiger partial charge in [0.1, 0.15) is 10.9 Å². The van der Waals surface area contributed by atoms with Gasteiger partial charge in [0.25, 0.3) is 0 Å². The number of nitrogens with one attached hydrogen (secondary N) is 1. The van der Waals surface area contributed by atoms with Gasteiger partial charge in [-0.05, 0) is 46.1 Å². The summed E-state index contributed by atoms with van der Waals surface area (Å²) >= 11 is 2.71. The molecule has 0 aromatic carbocycles. The van der Waals surface area contributed by atoms with E-state index in [2.05, 4.69) is 16.4 Å². The molecule has 1 aromatic heterocycles. The minimum absolute atomic E-state index is 0.129. The lowest BCUT2D eigenvalue weighted by Gasteiger charge is -2.29. The summed E-state index contributed by atoms with van der Waals surface area (Å²) in [5.74, 6) is -1.45. The number of thiophene rings is 1. The summed E-state index contributed by atoms with van der Waals surface area (Å²) in [6.07, 6.45) is 0. The van der Waals surface area contributed by atoms with E-state index in [4.69, 9.17) is 4.74 Å². The fourth-order valence-corrected chi connectivity index (χ4v) is 4.71. The molecule has 0 fully saturated rings. The molecule has 2 heterocycles. The van der Waals surface area contributed by atoms with E-state index in [0.29, 0.717) is 16.3 Å². The standard InChI is InChI=1S/C20H25N3O3S2/c1-6-26-19(25)16-12(2)22-18(28-11-15(24)23-20(3,4)5)13(10-21)17(16)14-8-7-9-27-14/h7-9,16-17H,6,11H2,1-5H3,(H,23,24). The molecule has 2 atom stereocenters. The maximum absolute atomic E-state index is 12.6. The molecule has 6 nitrogen and oxygen atoms in total. The number of allylic oxidation sites excluding steroid dienone is 1. The number of hydrogen-bond acceptors (Lipinski definition) is 7. The smallest absolute Gasteiger partial charge is 0.315 e. The molecule has 2 rings (SSSR count). The van der Waals surface area contributed by atoms with Gasteiger partial charge in [-0.3, -0.25) is 9.59 Å². The lowest BCUT2D eigenvalue weighted by molar-refractivity contribution is -0.146. The molecule has 1 N–H and O–H groups in total. The Morgan fingerprint density at radius 1 is 1.43 bits per heavy atom. The van der Waals surface area contributed by atoms with Crippen LogP contribution in [0.25, 0.3) is 0 Å². The highest BCUT2D eigenvalue weighted by Crippen LogP contribution is 2.43. The Hall–Kier alpha value is -2.11. The quantitative estimate of drug-likeness (QED) is 0.707. The summed E-state index contributed by atoms with van der Waals surface area (Å²) in [4.78, 5) is 30.2. The highest BCUT2D eigenvalue weighted by Gasteiger charge is 2.41. The van der Waals surface area contributed by atoms with Crippen molar-refractivity contribution in [2.24, 2.45) is 10.9 Å². The van der Waals surface area contributed by atoms with E-state index in [1.54, 1.807) is 13.8 Å². The maximum atomic E-state index is 12.6. The van der Waals surface area contributed by atoms with Crippen molar-refractivity contribution >= 4 is 40.7 Å². The average molecular weight is 420 g/mol. The van der Waals surface area contributed by atoms with Gasteiger partial charge in [-0.2, -0.15) is 5.26 Å². The monoisotopic (exact) mass is 419 g/mol. The predicted molar refractivity (Wildman–Crippen MR) is 113 cm³/mol. The lowest BCUT2D eigenvalue weighted by atomic mass is 9.81. The van der Waals surface area contributed by atoms with Crippen LogP contribution in [0.1, 0.15) is 45.4 Å². The molecular formula is C20H25N3O3S2. The molecule has 1 aliphatic heterocycles. The van der Waals surface area contributed by atoms with Crippen LogP contribution in [0.5, 0.6) is 0 Å². The second-order valence-electron chi connectivity index (χ2n) is 7.39. The van der Waals surface area contributed by atoms with Crippen molar-refractivity contribution in [1.82, 2.24) is 5.32 Å². The van der Waals surface area contributed by atoms with Crippen LogP contribution in [0.3, 0.4) is 0 Å². The first-order chi connectivity index (χ1) is 13.2. The molecule has 8 heteroatoms. The molecule has 0 aliphatic carbocycles. The van der Waals surface area contributed by atoms with Crippen molar-refractivity contribution in [2.45, 2.75) is 46.1 Å². The van der Waals surface area contributed by atoms with E-state index in [1.807, 2.05) is 38.3 Å². The molecular weight excluding hydrogens is 394 g/mol. The van der Waals surface area contributed by atoms with Crippen LogP contribution in [0.4, 0.5) is 0 Å². The van der Waals surface area contributed by atoms with Crippen molar-refractivity contribution in [2.75, 3.05) is 12.4 Å². The molecule has 0 spiro atoms. The Morgan fingerprint density at radius 2 is 2.14 bits per heavy atom. The Balaban J connectivity index is 2.36. The van der Waals surface area contributed by atoms with Crippen LogP contribution in [-0.4, -0.2) is 35.5 Å². The molecule has 0 saturated carbocycles. The van der Waals surface area contributed by atoms with E-state index >= 15 is 0 Å². The molecule has 28 heavy (non-hydrogen) atoms. The third kappa shape index (κ3) is 5.46. The maximum Gasteiger partial charge on any atom is 0.315 e. The summed E-state index contributed by atoms with van der Waals surface area (Å²) in [6, 6.07) is 6.03. The lowest BCUT2D eigenvalue weighted by Crippen LogP contribution is -2.41. The van der Waals surface area contributed by atoms with Gasteiger partial charge < -0.3 is 10.1 Å². The molecule has 0 bridgehead atoms. The van der Waals surface area contributed by atoms with Gasteiger partial charge >= 0.3 is 5.97 Å². The van der Waals surface area contributed by atoms with Crippen molar-refractivity contribution in [3.8, 4) is 6.07 Å². The summed E-state index contributed by atoms with van der Waals surface area (Å²) in [5.41, 5.74) is 0.666. The van der Waals surface area contributed by atoms with Crippen LogP contribution in [-0.2, 0) is 14.3 Å². The normalized spacial score (nSPS) is 19.6. The van der Waals surface area contributed by atoms with Crippen LogP contribution >= 0.6 is 23.1 Å². The number of thioether (sulfide) groups is 1. The van der Waals surface area contributed by atoms with Crippen LogP contribution in [0, 0.1) is 17.2 Å². The second-order valence-corrected chi connectivity index (χ2v) is 9.34. The number of nitriles is 1. The number of rotatable bonds is 6. The molecule has 1 aromatic rings. The van der Waals surface area contributed by atoms with Crippen molar-refractivity contribution in [3.05, 3.63) is 33.0 Å². The molecule has 0 radical (unpaired) electrons. The minimum Gasteiger partial charge on any atom is -0.465 e. The van der Waals surface area contributed by atoms with Gasteiger partial charge in [-0.1, -0.05) is 17.8 Å². The van der Waals surface area contributed by atoms with Crippen molar-refractivity contribution in [1.29, 1.82) is 5.26 Å². The van der Waals surface area contributed by atoms with Crippen LogP contribution in [0.2, 0.25) is 0 Å². The first-order valence-electron chi connectivity index (χ1n) is 9.01. The first kappa shape index (κ1) is 22.2. The molecule has 0 saturated heterocycles. The molecule has 150 valence electrons. The third-order valence-electron chi connectivity index (χ3n) is 3.97. The number of esters is 1. The van der Waals surface area contributed by atoms with E-state index in [9.17, 15) is 14.9 Å². The number of aliphatic imine (C=N–C) groups is 1. The number of carbonyl (C=O) groups excluding carboxylic acids is 2. The van der Waals surface area contributed by atoms with E-state index in [0.717, 1.165) is 4.88 Å². The number of amides is 1. The van der Waals surface area contributed by atoms with Gasteiger partial charge in [0.05, 0.1) is 24.0 Å². The zero-order chi connectivity index (χ0) is 20.9. The van der Waals surface area contributed by atoms with Gasteiger partial charge in [-0.15, -0.1) is 11.3 Å². The van der Waals surface area contributed by atoms with Crippen molar-refractivity contribution in [3.63, 3.8) is 0 Å². The Kier molecular flexibility index (Phi) is 7.44. The zero-order valence-corrected chi connectivity index (χ0v) is 18.4. The van der Waals surface area contributed by atoms with Crippen LogP contribution < -0.4 is 5.32 Å². The molecule has 1 amide bonds. The van der Waals surface area contributed by atoms with Crippen LogP contribution in [0.15, 0.2) is 33.1 Å². The zero-order valence-electron chi connectivity index (χ0n) is 16.7. The first-order valence-corrected chi connectivity index (χ1v) is 10.9. The van der Waals surface area contributed by atoms with E-state index in [-0.39, 0.29) is 29.8 Å². The fourth-order valence-electron chi connectivity index (χ4n) is 2.96. The number of carbonyl (C=O) groups is 2.